The molecule has 132 valence electrons. The summed E-state index contributed by atoms with van der Waals surface area (Å²) in [4.78, 5) is 35.5. The highest BCUT2D eigenvalue weighted by Gasteiger charge is 2.27. The summed E-state index contributed by atoms with van der Waals surface area (Å²) in [5.41, 5.74) is 2.04. The predicted molar refractivity (Wildman–Crippen MR) is 94.2 cm³/mol. The van der Waals surface area contributed by atoms with Crippen LogP contribution in [0.2, 0.25) is 0 Å². The van der Waals surface area contributed by atoms with Crippen molar-refractivity contribution in [2.24, 2.45) is 0 Å². The quantitative estimate of drug-likeness (QED) is 0.508. The number of hydrogen-bond acceptors (Lipinski definition) is 4. The van der Waals surface area contributed by atoms with Gasteiger partial charge in [-0.15, -0.1) is 0 Å². The summed E-state index contributed by atoms with van der Waals surface area (Å²) in [5, 5.41) is 2.72. The van der Waals surface area contributed by atoms with E-state index in [4.69, 9.17) is 4.74 Å². The van der Waals surface area contributed by atoms with Crippen LogP contribution in [0.4, 0.5) is 10.1 Å². The monoisotopic (exact) mass is 353 g/mol. The summed E-state index contributed by atoms with van der Waals surface area (Å²) in [6.45, 7) is 1.32. The minimum atomic E-state index is -0.743. The highest BCUT2D eigenvalue weighted by Crippen LogP contribution is 2.32. The number of ether oxygens (including phenoxy) is 1. The zero-order valence-corrected chi connectivity index (χ0v) is 14.0. The van der Waals surface area contributed by atoms with Gasteiger partial charge in [0.1, 0.15) is 5.82 Å². The minimum absolute atomic E-state index is 0.116. The first-order chi connectivity index (χ1) is 12.5. The number of ketones is 1. The first kappa shape index (κ1) is 17.5. The van der Waals surface area contributed by atoms with Crippen LogP contribution in [0.25, 0.3) is 6.08 Å². The second-order valence-electron chi connectivity index (χ2n) is 5.90. The van der Waals surface area contributed by atoms with E-state index in [0.717, 1.165) is 11.6 Å². The molecule has 1 amide bonds. The Kier molecular flexibility index (Phi) is 4.93. The molecule has 0 radical (unpaired) electrons. The molecule has 26 heavy (non-hydrogen) atoms. The average Bonchev–Trinajstić information content (AvgIpc) is 2.92. The van der Waals surface area contributed by atoms with Gasteiger partial charge in [0.15, 0.2) is 12.4 Å². The maximum absolute atomic E-state index is 13.5. The van der Waals surface area contributed by atoms with Gasteiger partial charge in [0, 0.05) is 22.9 Å². The second-order valence-corrected chi connectivity index (χ2v) is 5.90. The lowest BCUT2D eigenvalue weighted by Gasteiger charge is -2.06. The molecule has 0 bridgehead atoms. The standard InChI is InChI=1S/C20H16FNO4/c1-12-15-10-14(6-8-17(15)22-20(12)25)18(23)11-26-19(24)9-7-13-4-2-3-5-16(13)21/h2-10,12H,11H2,1H3,(H,22,25)/b9-7+/t12-/m0/s1. The molecule has 1 aliphatic heterocycles. The van der Waals surface area contributed by atoms with Crippen LogP contribution in [-0.4, -0.2) is 24.3 Å². The van der Waals surface area contributed by atoms with Gasteiger partial charge in [-0.05, 0) is 42.8 Å². The van der Waals surface area contributed by atoms with Crippen LogP contribution in [0, 0.1) is 5.82 Å². The molecule has 1 atom stereocenters. The number of carbonyl (C=O) groups is 3. The fourth-order valence-electron chi connectivity index (χ4n) is 2.63. The largest absolute Gasteiger partial charge is 0.454 e. The molecule has 5 nitrogen and oxygen atoms in total. The molecular formula is C20H16FNO4. The van der Waals surface area contributed by atoms with E-state index in [1.807, 2.05) is 0 Å². The van der Waals surface area contributed by atoms with Gasteiger partial charge < -0.3 is 10.1 Å². The van der Waals surface area contributed by atoms with Gasteiger partial charge >= 0.3 is 5.97 Å². The Balaban J connectivity index is 1.60. The Morgan fingerprint density at radius 1 is 1.23 bits per heavy atom. The van der Waals surface area contributed by atoms with Crippen molar-refractivity contribution in [3.05, 3.63) is 71.0 Å². The molecule has 6 heteroatoms. The lowest BCUT2D eigenvalue weighted by atomic mass is 9.99. The molecule has 3 rings (SSSR count). The topological polar surface area (TPSA) is 72.5 Å². The summed E-state index contributed by atoms with van der Waals surface area (Å²) in [6.07, 6.45) is 2.36. The Bertz CT molecular complexity index is 920. The molecule has 0 aromatic heterocycles. The molecule has 0 aliphatic carbocycles. The van der Waals surface area contributed by atoms with Crippen LogP contribution in [-0.2, 0) is 14.3 Å². The van der Waals surface area contributed by atoms with Crippen LogP contribution >= 0.6 is 0 Å². The van der Waals surface area contributed by atoms with Crippen LogP contribution in [0.1, 0.15) is 34.3 Å². The van der Waals surface area contributed by atoms with Crippen LogP contribution in [0.3, 0.4) is 0 Å². The van der Waals surface area contributed by atoms with Crippen LogP contribution in [0.5, 0.6) is 0 Å². The van der Waals surface area contributed by atoms with Crippen molar-refractivity contribution in [1.29, 1.82) is 0 Å². The summed E-state index contributed by atoms with van der Waals surface area (Å²) in [5.74, 6) is -2.03. The van der Waals surface area contributed by atoms with E-state index in [9.17, 15) is 18.8 Å². The van der Waals surface area contributed by atoms with Gasteiger partial charge in [-0.1, -0.05) is 18.2 Å². The fraction of sp³-hybridized carbons (Fsp3) is 0.150. The number of benzene rings is 2. The average molecular weight is 353 g/mol. The number of anilines is 1. The Morgan fingerprint density at radius 3 is 2.77 bits per heavy atom. The van der Waals surface area contributed by atoms with Crippen molar-refractivity contribution < 1.29 is 23.5 Å². The molecule has 2 aromatic rings. The van der Waals surface area contributed by atoms with E-state index in [1.54, 1.807) is 37.3 Å². The summed E-state index contributed by atoms with van der Waals surface area (Å²) >= 11 is 0. The maximum Gasteiger partial charge on any atom is 0.331 e. The zero-order chi connectivity index (χ0) is 18.7. The number of Topliss-reactive ketones (excluding diaryl/α,β-unsaturated/α-hetero) is 1. The number of nitrogens with one attached hydrogen (secondary N) is 1. The molecular weight excluding hydrogens is 337 g/mol. The summed E-state index contributed by atoms with van der Waals surface area (Å²) in [7, 11) is 0. The van der Waals surface area contributed by atoms with Gasteiger partial charge in [0.05, 0.1) is 5.92 Å². The van der Waals surface area contributed by atoms with Crippen molar-refractivity contribution >= 4 is 29.4 Å². The van der Waals surface area contributed by atoms with Gasteiger partial charge in [-0.2, -0.15) is 0 Å². The number of rotatable bonds is 5. The van der Waals surface area contributed by atoms with Crippen LogP contribution in [0.15, 0.2) is 48.5 Å². The number of hydrogen-bond donors (Lipinski definition) is 1. The fourth-order valence-corrected chi connectivity index (χ4v) is 2.63. The Labute approximate surface area is 149 Å². The summed E-state index contributed by atoms with van der Waals surface area (Å²) < 4.78 is 18.4. The van der Waals surface area contributed by atoms with Crippen molar-refractivity contribution in [3.8, 4) is 0 Å². The SMILES string of the molecule is C[C@@H]1C(=O)Nc2ccc(C(=O)COC(=O)/C=C/c3ccccc3F)cc21. The van der Waals surface area contributed by atoms with Crippen LogP contribution < -0.4 is 5.32 Å². The smallest absolute Gasteiger partial charge is 0.331 e. The van der Waals surface area contributed by atoms with E-state index in [1.165, 1.54) is 18.2 Å². The zero-order valence-electron chi connectivity index (χ0n) is 14.0. The number of halogens is 1. The highest BCUT2D eigenvalue weighted by molar-refractivity contribution is 6.05. The summed E-state index contributed by atoms with van der Waals surface area (Å²) in [6, 6.07) is 10.8. The number of amides is 1. The third-order valence-corrected chi connectivity index (χ3v) is 4.14. The van der Waals surface area contributed by atoms with Gasteiger partial charge in [0.2, 0.25) is 5.91 Å². The van der Waals surface area contributed by atoms with Crippen molar-refractivity contribution in [2.45, 2.75) is 12.8 Å². The molecule has 0 fully saturated rings. The number of esters is 1. The minimum Gasteiger partial charge on any atom is -0.454 e. The van der Waals surface area contributed by atoms with E-state index in [0.29, 0.717) is 11.3 Å². The van der Waals surface area contributed by atoms with E-state index in [-0.39, 0.29) is 23.2 Å². The molecule has 2 aromatic carbocycles. The normalized spacial score (nSPS) is 15.6. The molecule has 1 heterocycles. The highest BCUT2D eigenvalue weighted by atomic mass is 19.1. The first-order valence-corrected chi connectivity index (χ1v) is 8.03. The Morgan fingerprint density at radius 2 is 2.00 bits per heavy atom. The molecule has 1 N–H and O–H groups in total. The lowest BCUT2D eigenvalue weighted by Crippen LogP contribution is -2.13. The Hall–Kier alpha value is -3.28. The lowest BCUT2D eigenvalue weighted by molar-refractivity contribution is -0.136. The van der Waals surface area contributed by atoms with E-state index < -0.39 is 18.4 Å². The first-order valence-electron chi connectivity index (χ1n) is 8.03. The van der Waals surface area contributed by atoms with Crippen molar-refractivity contribution in [2.75, 3.05) is 11.9 Å². The number of fused-ring (bicyclic) bond motifs is 1. The molecule has 0 unspecified atom stereocenters. The van der Waals surface area contributed by atoms with E-state index in [2.05, 4.69) is 5.32 Å². The van der Waals surface area contributed by atoms with Crippen molar-refractivity contribution in [3.63, 3.8) is 0 Å². The van der Waals surface area contributed by atoms with Gasteiger partial charge in [-0.3, -0.25) is 9.59 Å². The van der Waals surface area contributed by atoms with E-state index >= 15 is 0 Å². The maximum atomic E-state index is 13.5. The molecule has 0 saturated heterocycles. The predicted octanol–water partition coefficient (Wildman–Crippen LogP) is 3.32. The van der Waals surface area contributed by atoms with Crippen molar-refractivity contribution in [1.82, 2.24) is 0 Å². The molecule has 0 spiro atoms. The van der Waals surface area contributed by atoms with Gasteiger partial charge in [0.25, 0.3) is 0 Å². The number of carbonyl (C=O) groups excluding carboxylic acids is 3. The second kappa shape index (κ2) is 7.31. The molecule has 1 aliphatic rings. The third-order valence-electron chi connectivity index (χ3n) is 4.14. The molecule has 0 saturated carbocycles. The third kappa shape index (κ3) is 3.69. The van der Waals surface area contributed by atoms with Gasteiger partial charge in [-0.25, -0.2) is 9.18 Å².